The molecule has 0 aliphatic carbocycles. The molecule has 0 aromatic heterocycles. The molecule has 5 heteroatoms. The number of benzene rings is 2. The predicted molar refractivity (Wildman–Crippen MR) is 116 cm³/mol. The van der Waals surface area contributed by atoms with E-state index < -0.39 is 8.32 Å². The quantitative estimate of drug-likeness (QED) is 0.551. The molecule has 28 heavy (non-hydrogen) atoms. The fourth-order valence-electron chi connectivity index (χ4n) is 2.93. The molecule has 0 radical (unpaired) electrons. The summed E-state index contributed by atoms with van der Waals surface area (Å²) >= 11 is 0. The zero-order valence-corrected chi connectivity index (χ0v) is 18.7. The van der Waals surface area contributed by atoms with Crippen molar-refractivity contribution >= 4 is 14.0 Å². The molecule has 3 nitrogen and oxygen atoms in total. The van der Waals surface area contributed by atoms with Crippen LogP contribution in [0.25, 0.3) is 0 Å². The fourth-order valence-corrected chi connectivity index (χ4v) is 3.87. The van der Waals surface area contributed by atoms with Gasteiger partial charge in [0.1, 0.15) is 0 Å². The highest BCUT2D eigenvalue weighted by atomic mass is 28.4. The van der Waals surface area contributed by atoms with Crippen LogP contribution in [0.15, 0.2) is 48.5 Å². The Labute approximate surface area is 169 Å². The van der Waals surface area contributed by atoms with Crippen molar-refractivity contribution in [3.63, 3.8) is 0 Å². The van der Waals surface area contributed by atoms with Gasteiger partial charge in [-0.2, -0.15) is 0 Å². The zero-order valence-electron chi connectivity index (χ0n) is 17.7. The molecule has 0 unspecified atom stereocenters. The van der Waals surface area contributed by atoms with E-state index in [2.05, 4.69) is 46.0 Å². The van der Waals surface area contributed by atoms with E-state index in [-0.39, 0.29) is 17.0 Å². The number of rotatable bonds is 7. The van der Waals surface area contributed by atoms with E-state index in [4.69, 9.17) is 9.16 Å². The van der Waals surface area contributed by atoms with Crippen molar-refractivity contribution in [1.29, 1.82) is 0 Å². The molecule has 0 amide bonds. The summed E-state index contributed by atoms with van der Waals surface area (Å²) in [5, 5.41) is 0.113. The molecule has 1 saturated heterocycles. The standard InChI is InChI=1S/C23H32FNO2Si/c1-23(2,3)28(4,5)27-17-19-12-9-13-21(22(19)24)25-14-20(15-25)26-16-18-10-7-6-8-11-18/h6-13,20H,14-17H2,1-5H3. The lowest BCUT2D eigenvalue weighted by Gasteiger charge is -2.41. The number of hydrogen-bond donors (Lipinski definition) is 0. The van der Waals surface area contributed by atoms with Gasteiger partial charge in [-0.1, -0.05) is 63.2 Å². The Hall–Kier alpha value is -1.69. The minimum atomic E-state index is -1.90. The molecule has 1 heterocycles. The van der Waals surface area contributed by atoms with Crippen LogP contribution in [-0.4, -0.2) is 27.5 Å². The van der Waals surface area contributed by atoms with Crippen LogP contribution in [0.5, 0.6) is 0 Å². The second-order valence-electron chi connectivity index (χ2n) is 9.12. The molecule has 3 rings (SSSR count). The maximum Gasteiger partial charge on any atom is 0.192 e. The Kier molecular flexibility index (Phi) is 6.27. The maximum atomic E-state index is 15.0. The van der Waals surface area contributed by atoms with Gasteiger partial charge in [0.25, 0.3) is 0 Å². The lowest BCUT2D eigenvalue weighted by Crippen LogP contribution is -2.52. The number of hydrogen-bond acceptors (Lipinski definition) is 3. The normalized spacial score (nSPS) is 15.6. The van der Waals surface area contributed by atoms with Crippen molar-refractivity contribution in [3.05, 3.63) is 65.5 Å². The van der Waals surface area contributed by atoms with Crippen LogP contribution in [0.3, 0.4) is 0 Å². The third kappa shape index (κ3) is 4.83. The smallest absolute Gasteiger partial charge is 0.192 e. The van der Waals surface area contributed by atoms with Gasteiger partial charge in [-0.05, 0) is 29.8 Å². The summed E-state index contributed by atoms with van der Waals surface area (Å²) < 4.78 is 27.2. The summed E-state index contributed by atoms with van der Waals surface area (Å²) in [7, 11) is -1.90. The van der Waals surface area contributed by atoms with Crippen molar-refractivity contribution in [1.82, 2.24) is 0 Å². The van der Waals surface area contributed by atoms with Crippen molar-refractivity contribution in [2.45, 2.75) is 58.2 Å². The molecule has 0 bridgehead atoms. The van der Waals surface area contributed by atoms with E-state index in [1.54, 1.807) is 0 Å². The summed E-state index contributed by atoms with van der Waals surface area (Å²) in [6.07, 6.45) is 0.145. The minimum absolute atomic E-state index is 0.113. The van der Waals surface area contributed by atoms with Crippen LogP contribution in [0.1, 0.15) is 31.9 Å². The molecule has 1 fully saturated rings. The molecule has 1 aliphatic heterocycles. The van der Waals surface area contributed by atoms with Crippen molar-refractivity contribution in [2.24, 2.45) is 0 Å². The second-order valence-corrected chi connectivity index (χ2v) is 13.9. The number of ether oxygens (including phenoxy) is 1. The summed E-state index contributed by atoms with van der Waals surface area (Å²) in [5.41, 5.74) is 2.45. The van der Waals surface area contributed by atoms with E-state index in [9.17, 15) is 0 Å². The molecule has 0 atom stereocenters. The van der Waals surface area contributed by atoms with Gasteiger partial charge >= 0.3 is 0 Å². The first-order valence-corrected chi connectivity index (χ1v) is 12.9. The van der Waals surface area contributed by atoms with Crippen LogP contribution in [0.4, 0.5) is 10.1 Å². The second kappa shape index (κ2) is 8.35. The van der Waals surface area contributed by atoms with E-state index in [0.717, 1.165) is 18.7 Å². The van der Waals surface area contributed by atoms with Crippen LogP contribution < -0.4 is 4.90 Å². The molecule has 1 aliphatic rings. The molecule has 152 valence electrons. The van der Waals surface area contributed by atoms with Gasteiger partial charge in [0.05, 0.1) is 25.0 Å². The average molecular weight is 402 g/mol. The number of anilines is 1. The topological polar surface area (TPSA) is 21.7 Å². The monoisotopic (exact) mass is 401 g/mol. The highest BCUT2D eigenvalue weighted by molar-refractivity contribution is 6.74. The summed E-state index contributed by atoms with van der Waals surface area (Å²) in [5.74, 6) is -0.164. The number of halogens is 1. The summed E-state index contributed by atoms with van der Waals surface area (Å²) in [6, 6.07) is 15.7. The molecule has 0 spiro atoms. The van der Waals surface area contributed by atoms with E-state index in [1.165, 1.54) is 0 Å². The van der Waals surface area contributed by atoms with Crippen molar-refractivity contribution in [3.8, 4) is 0 Å². The first kappa shape index (κ1) is 21.0. The average Bonchev–Trinajstić information content (AvgIpc) is 2.60. The largest absolute Gasteiger partial charge is 0.412 e. The van der Waals surface area contributed by atoms with Gasteiger partial charge in [0, 0.05) is 18.7 Å². The predicted octanol–water partition coefficient (Wildman–Crippen LogP) is 5.75. The van der Waals surface area contributed by atoms with Gasteiger partial charge in [-0.15, -0.1) is 0 Å². The minimum Gasteiger partial charge on any atom is -0.412 e. The van der Waals surface area contributed by atoms with Gasteiger partial charge in [0.2, 0.25) is 0 Å². The van der Waals surface area contributed by atoms with E-state index in [1.807, 2.05) is 41.3 Å². The molecule has 0 N–H and O–H groups in total. The summed E-state index contributed by atoms with van der Waals surface area (Å²) in [4.78, 5) is 2.04. The van der Waals surface area contributed by atoms with Crippen molar-refractivity contribution in [2.75, 3.05) is 18.0 Å². The molecular formula is C23H32FNO2Si. The van der Waals surface area contributed by atoms with Gasteiger partial charge in [-0.25, -0.2) is 4.39 Å². The Morgan fingerprint density at radius 1 is 1.00 bits per heavy atom. The zero-order chi connectivity index (χ0) is 20.4. The summed E-state index contributed by atoms with van der Waals surface area (Å²) in [6.45, 7) is 13.3. The molecule has 2 aromatic rings. The first-order chi connectivity index (χ1) is 13.2. The van der Waals surface area contributed by atoms with Crippen LogP contribution >= 0.6 is 0 Å². The van der Waals surface area contributed by atoms with Gasteiger partial charge in [0.15, 0.2) is 14.1 Å². The molecule has 2 aromatic carbocycles. The van der Waals surface area contributed by atoms with Crippen LogP contribution in [-0.2, 0) is 22.4 Å². The van der Waals surface area contributed by atoms with Crippen LogP contribution in [0.2, 0.25) is 18.1 Å². The Morgan fingerprint density at radius 2 is 1.68 bits per heavy atom. The first-order valence-electron chi connectivity index (χ1n) is 9.99. The molecular weight excluding hydrogens is 369 g/mol. The van der Waals surface area contributed by atoms with Crippen molar-refractivity contribution < 1.29 is 13.6 Å². The van der Waals surface area contributed by atoms with Crippen LogP contribution in [0, 0.1) is 5.82 Å². The third-order valence-corrected chi connectivity index (χ3v) is 10.4. The Bertz CT molecular complexity index is 783. The highest BCUT2D eigenvalue weighted by Gasteiger charge is 2.37. The Balaban J connectivity index is 1.55. The Morgan fingerprint density at radius 3 is 2.32 bits per heavy atom. The van der Waals surface area contributed by atoms with Gasteiger partial charge in [-0.3, -0.25) is 0 Å². The molecule has 0 saturated carbocycles. The third-order valence-electron chi connectivity index (χ3n) is 5.97. The fraction of sp³-hybridized carbons (Fsp3) is 0.478. The lowest BCUT2D eigenvalue weighted by molar-refractivity contribution is 0.0221. The van der Waals surface area contributed by atoms with E-state index >= 15 is 4.39 Å². The highest BCUT2D eigenvalue weighted by Crippen LogP contribution is 2.37. The number of nitrogens with zero attached hydrogens (tertiary/aromatic N) is 1. The maximum absolute atomic E-state index is 15.0. The van der Waals surface area contributed by atoms with Gasteiger partial charge < -0.3 is 14.1 Å². The van der Waals surface area contributed by atoms with E-state index in [0.29, 0.717) is 24.5 Å². The lowest BCUT2D eigenvalue weighted by atomic mass is 10.1. The SMILES string of the molecule is CC(C)(C)[Si](C)(C)OCc1cccc(N2CC(OCc3ccccc3)C2)c1F.